The molecule has 0 saturated carbocycles. The molecule has 8 nitrogen and oxygen atoms in total. The summed E-state index contributed by atoms with van der Waals surface area (Å²) in [5, 5.41) is 3.44. The van der Waals surface area contributed by atoms with Gasteiger partial charge in [0.1, 0.15) is 23.5 Å². The second-order valence-corrected chi connectivity index (χ2v) is 9.90. The molecular weight excluding hydrogens is 467 g/mol. The van der Waals surface area contributed by atoms with Crippen molar-refractivity contribution in [2.75, 3.05) is 31.5 Å². The molecule has 0 amide bonds. The molecule has 37 heavy (non-hydrogen) atoms. The quantitative estimate of drug-likeness (QED) is 0.344. The van der Waals surface area contributed by atoms with Gasteiger partial charge in [-0.05, 0) is 61.7 Å². The molecule has 9 heteroatoms. The van der Waals surface area contributed by atoms with E-state index in [-0.39, 0.29) is 5.82 Å². The molecule has 1 N–H and O–H groups in total. The van der Waals surface area contributed by atoms with Crippen molar-refractivity contribution in [2.45, 2.75) is 25.8 Å². The van der Waals surface area contributed by atoms with E-state index in [9.17, 15) is 4.39 Å². The third-order valence-electron chi connectivity index (χ3n) is 7.38. The number of nitrogens with one attached hydrogen (secondary N) is 1. The summed E-state index contributed by atoms with van der Waals surface area (Å²) in [5.74, 6) is 2.31. The van der Waals surface area contributed by atoms with Crippen LogP contribution in [0.5, 0.6) is 0 Å². The van der Waals surface area contributed by atoms with Gasteiger partial charge in [0.2, 0.25) is 0 Å². The Morgan fingerprint density at radius 3 is 2.65 bits per heavy atom. The van der Waals surface area contributed by atoms with Gasteiger partial charge in [0.15, 0.2) is 11.5 Å². The van der Waals surface area contributed by atoms with Crippen LogP contribution in [0.1, 0.15) is 24.2 Å². The first kappa shape index (κ1) is 23.5. The number of aromatic nitrogens is 6. The van der Waals surface area contributed by atoms with Gasteiger partial charge in [0.05, 0.1) is 17.4 Å². The number of nitrogens with zero attached hydrogens (tertiary/aromatic N) is 7. The van der Waals surface area contributed by atoms with E-state index in [0.717, 1.165) is 84.8 Å². The van der Waals surface area contributed by atoms with Crippen molar-refractivity contribution in [1.82, 2.24) is 34.0 Å². The number of halogens is 1. The molecule has 0 aliphatic carbocycles. The number of rotatable bonds is 8. The first-order chi connectivity index (χ1) is 18.1. The van der Waals surface area contributed by atoms with Crippen LogP contribution in [0.4, 0.5) is 10.2 Å². The third kappa shape index (κ3) is 5.04. The van der Waals surface area contributed by atoms with Gasteiger partial charge in [-0.1, -0.05) is 24.3 Å². The Morgan fingerprint density at radius 2 is 1.81 bits per heavy atom. The highest BCUT2D eigenvalue weighted by atomic mass is 19.1. The molecule has 0 unspecified atom stereocenters. The van der Waals surface area contributed by atoms with E-state index in [4.69, 9.17) is 4.98 Å². The molecule has 0 atom stereocenters. The minimum atomic E-state index is -0.205. The minimum Gasteiger partial charge on any atom is -0.367 e. The Morgan fingerprint density at radius 1 is 1.00 bits per heavy atom. The molecular formula is C28H31FN8. The maximum absolute atomic E-state index is 13.4. The molecule has 0 spiro atoms. The van der Waals surface area contributed by atoms with Crippen molar-refractivity contribution >= 4 is 28.0 Å². The van der Waals surface area contributed by atoms with Crippen LogP contribution in [-0.2, 0) is 20.0 Å². The highest BCUT2D eigenvalue weighted by Crippen LogP contribution is 2.25. The van der Waals surface area contributed by atoms with E-state index in [0.29, 0.717) is 12.5 Å². The molecule has 1 aliphatic rings. The van der Waals surface area contributed by atoms with E-state index in [1.807, 2.05) is 29.8 Å². The Kier molecular flexibility index (Phi) is 6.53. The van der Waals surface area contributed by atoms with Crippen molar-refractivity contribution < 1.29 is 4.39 Å². The fourth-order valence-electron chi connectivity index (χ4n) is 5.31. The van der Waals surface area contributed by atoms with Crippen molar-refractivity contribution in [3.05, 3.63) is 78.4 Å². The number of benzene rings is 2. The lowest BCUT2D eigenvalue weighted by molar-refractivity contribution is 0.188. The van der Waals surface area contributed by atoms with Crippen LogP contribution < -0.4 is 5.32 Å². The number of aryl methyl sites for hydroxylation is 1. The summed E-state index contributed by atoms with van der Waals surface area (Å²) >= 11 is 0. The van der Waals surface area contributed by atoms with Crippen molar-refractivity contribution in [1.29, 1.82) is 0 Å². The summed E-state index contributed by atoms with van der Waals surface area (Å²) in [4.78, 5) is 20.6. The molecule has 5 aromatic rings. The van der Waals surface area contributed by atoms with Crippen molar-refractivity contribution in [2.24, 2.45) is 13.0 Å². The topological polar surface area (TPSA) is 76.7 Å². The molecule has 0 radical (unpaired) electrons. The second-order valence-electron chi connectivity index (χ2n) is 9.90. The van der Waals surface area contributed by atoms with Gasteiger partial charge in [0, 0.05) is 33.1 Å². The summed E-state index contributed by atoms with van der Waals surface area (Å²) in [6.45, 7) is 4.64. The second kappa shape index (κ2) is 10.3. The maximum atomic E-state index is 13.4. The zero-order valence-corrected chi connectivity index (χ0v) is 21.0. The lowest BCUT2D eigenvalue weighted by Crippen LogP contribution is -2.37. The van der Waals surface area contributed by atoms with Gasteiger partial charge < -0.3 is 19.4 Å². The molecule has 4 heterocycles. The fourth-order valence-corrected chi connectivity index (χ4v) is 5.31. The molecule has 2 aromatic carbocycles. The van der Waals surface area contributed by atoms with Gasteiger partial charge in [-0.15, -0.1) is 0 Å². The van der Waals surface area contributed by atoms with Crippen LogP contribution in [-0.4, -0.2) is 60.1 Å². The Hall–Kier alpha value is -3.85. The summed E-state index contributed by atoms with van der Waals surface area (Å²) in [6.07, 6.45) is 6.61. The highest BCUT2D eigenvalue weighted by molar-refractivity contribution is 5.82. The zero-order valence-electron chi connectivity index (χ0n) is 21.0. The number of hydrogen-bond donors (Lipinski definition) is 1. The van der Waals surface area contributed by atoms with Gasteiger partial charge in [-0.2, -0.15) is 0 Å². The smallest absolute Gasteiger partial charge is 0.165 e. The normalized spacial score (nSPS) is 15.1. The minimum absolute atomic E-state index is 0.205. The summed E-state index contributed by atoms with van der Waals surface area (Å²) < 4.78 is 17.6. The molecule has 6 rings (SSSR count). The van der Waals surface area contributed by atoms with Gasteiger partial charge in [-0.25, -0.2) is 24.3 Å². The van der Waals surface area contributed by atoms with E-state index in [1.165, 1.54) is 12.1 Å². The lowest BCUT2D eigenvalue weighted by atomic mass is 9.93. The molecule has 1 saturated heterocycles. The number of anilines is 1. The van der Waals surface area contributed by atoms with Crippen molar-refractivity contribution in [3.8, 4) is 0 Å². The fraction of sp³-hybridized carbons (Fsp3) is 0.357. The average molecular weight is 499 g/mol. The number of piperidine rings is 1. The zero-order chi connectivity index (χ0) is 25.2. The Labute approximate surface area is 215 Å². The van der Waals surface area contributed by atoms with Crippen LogP contribution in [0.25, 0.3) is 22.2 Å². The number of likely N-dealkylation sites (tertiary alicyclic amines) is 1. The van der Waals surface area contributed by atoms with Gasteiger partial charge >= 0.3 is 0 Å². The average Bonchev–Trinajstić information content (AvgIpc) is 3.47. The monoisotopic (exact) mass is 498 g/mol. The van der Waals surface area contributed by atoms with Crippen LogP contribution >= 0.6 is 0 Å². The van der Waals surface area contributed by atoms with Gasteiger partial charge in [0.25, 0.3) is 0 Å². The summed E-state index contributed by atoms with van der Waals surface area (Å²) in [6, 6.07) is 15.1. The lowest BCUT2D eigenvalue weighted by Gasteiger charge is -2.32. The third-order valence-corrected chi connectivity index (χ3v) is 7.38. The number of imidazole rings is 2. The molecule has 1 fully saturated rings. The van der Waals surface area contributed by atoms with E-state index in [1.54, 1.807) is 12.7 Å². The predicted octanol–water partition coefficient (Wildman–Crippen LogP) is 4.27. The predicted molar refractivity (Wildman–Crippen MR) is 143 cm³/mol. The Balaban J connectivity index is 1.06. The number of fused-ring (bicyclic) bond motifs is 2. The first-order valence-corrected chi connectivity index (χ1v) is 12.9. The van der Waals surface area contributed by atoms with E-state index < -0.39 is 0 Å². The van der Waals surface area contributed by atoms with Gasteiger partial charge in [-0.3, -0.25) is 0 Å². The highest BCUT2D eigenvalue weighted by Gasteiger charge is 2.22. The molecule has 1 aliphatic heterocycles. The van der Waals surface area contributed by atoms with Crippen molar-refractivity contribution in [3.63, 3.8) is 0 Å². The largest absolute Gasteiger partial charge is 0.367 e. The molecule has 190 valence electrons. The van der Waals surface area contributed by atoms with Crippen LogP contribution in [0.3, 0.4) is 0 Å². The van der Waals surface area contributed by atoms with Crippen LogP contribution in [0, 0.1) is 11.7 Å². The standard InChI is InChI=1S/C28H31FN8/c1-35-19-33-26-27(31-18-32-28(26)35)30-12-15-36-13-10-20(11-14-36)16-25-34-23-4-2-3-5-24(23)37(25)17-21-6-8-22(29)9-7-21/h2-9,18-20H,10-17H2,1H3,(H,30,31,32). The molecule has 0 bridgehead atoms. The van der Waals surface area contributed by atoms with E-state index >= 15 is 0 Å². The van der Waals surface area contributed by atoms with Crippen LogP contribution in [0.2, 0.25) is 0 Å². The van der Waals surface area contributed by atoms with E-state index in [2.05, 4.69) is 47.9 Å². The van der Waals surface area contributed by atoms with Crippen LogP contribution in [0.15, 0.2) is 61.2 Å². The first-order valence-electron chi connectivity index (χ1n) is 12.9. The Bertz CT molecular complexity index is 1500. The number of para-hydroxylation sites is 2. The summed E-state index contributed by atoms with van der Waals surface area (Å²) in [7, 11) is 1.94. The SMILES string of the molecule is Cn1cnc2c(NCCN3CCC(Cc4nc5ccccc5n4Cc4ccc(F)cc4)CC3)ncnc21. The summed E-state index contributed by atoms with van der Waals surface area (Å²) in [5.41, 5.74) is 4.89. The maximum Gasteiger partial charge on any atom is 0.165 e. The number of hydrogen-bond acceptors (Lipinski definition) is 6. The molecule has 3 aromatic heterocycles.